The molecule has 1 heterocycles. The van der Waals surface area contributed by atoms with Gasteiger partial charge in [-0.05, 0) is 43.5 Å². The Bertz CT molecular complexity index is 447. The normalized spacial score (nSPS) is 18.7. The molecule has 1 aliphatic rings. The molecule has 3 N–H and O–H groups in total. The Balaban J connectivity index is 1.70. The van der Waals surface area contributed by atoms with Gasteiger partial charge in [0.1, 0.15) is 5.75 Å². The molecule has 2 rings (SSSR count). The highest BCUT2D eigenvalue weighted by atomic mass is 16.5. The highest BCUT2D eigenvalue weighted by Gasteiger charge is 2.29. The van der Waals surface area contributed by atoms with Gasteiger partial charge in [0.25, 0.3) is 0 Å². The quantitative estimate of drug-likeness (QED) is 0.739. The second-order valence-corrected chi connectivity index (χ2v) is 5.36. The lowest BCUT2D eigenvalue weighted by molar-refractivity contribution is -0.125. The number of ether oxygens (including phenoxy) is 1. The molecule has 0 aliphatic carbocycles. The molecule has 0 radical (unpaired) electrons. The minimum Gasteiger partial charge on any atom is -0.494 e. The lowest BCUT2D eigenvalue weighted by atomic mass is 10.2. The molecule has 1 unspecified atom stereocenters. The predicted octanol–water partition coefficient (Wildman–Crippen LogP) is 1.12. The van der Waals surface area contributed by atoms with E-state index in [4.69, 9.17) is 10.5 Å². The summed E-state index contributed by atoms with van der Waals surface area (Å²) >= 11 is 0. The molecule has 1 saturated heterocycles. The number of carbonyl (C=O) groups excluding carboxylic acids is 1. The van der Waals surface area contributed by atoms with Crippen LogP contribution in [0.25, 0.3) is 0 Å². The highest BCUT2D eigenvalue weighted by Crippen LogP contribution is 2.18. The maximum absolute atomic E-state index is 11.7. The van der Waals surface area contributed by atoms with Crippen LogP contribution in [0.4, 0.5) is 0 Å². The number of nitrogens with two attached hydrogens (primary N) is 1. The number of likely N-dealkylation sites (tertiary alicyclic amines) is 1. The maximum atomic E-state index is 11.7. The number of carbonyl (C=O) groups is 1. The van der Waals surface area contributed by atoms with Gasteiger partial charge in [0.05, 0.1) is 12.6 Å². The second-order valence-electron chi connectivity index (χ2n) is 5.36. The SMILES string of the molecule is CNC(=O)C1CCCN1CCCOc1ccc(CN)cc1. The molecule has 1 aromatic carbocycles. The molecule has 5 heteroatoms. The van der Waals surface area contributed by atoms with Crippen molar-refractivity contribution in [1.29, 1.82) is 0 Å². The summed E-state index contributed by atoms with van der Waals surface area (Å²) in [5.74, 6) is 1.00. The summed E-state index contributed by atoms with van der Waals surface area (Å²) in [5.41, 5.74) is 6.67. The fourth-order valence-electron chi connectivity index (χ4n) is 2.74. The van der Waals surface area contributed by atoms with Gasteiger partial charge in [-0.2, -0.15) is 0 Å². The Kier molecular flexibility index (Phi) is 6.02. The van der Waals surface area contributed by atoms with Crippen molar-refractivity contribution in [1.82, 2.24) is 10.2 Å². The summed E-state index contributed by atoms with van der Waals surface area (Å²) in [5, 5.41) is 2.74. The fraction of sp³-hybridized carbons (Fsp3) is 0.562. The lowest BCUT2D eigenvalue weighted by Gasteiger charge is -2.22. The Morgan fingerprint density at radius 3 is 2.86 bits per heavy atom. The number of rotatable bonds is 7. The van der Waals surface area contributed by atoms with E-state index in [9.17, 15) is 4.79 Å². The van der Waals surface area contributed by atoms with Crippen LogP contribution in [0.1, 0.15) is 24.8 Å². The predicted molar refractivity (Wildman–Crippen MR) is 83.1 cm³/mol. The van der Waals surface area contributed by atoms with Crippen molar-refractivity contribution in [2.45, 2.75) is 31.8 Å². The van der Waals surface area contributed by atoms with Crippen LogP contribution < -0.4 is 15.8 Å². The van der Waals surface area contributed by atoms with Crippen LogP contribution in [0.5, 0.6) is 5.75 Å². The number of amides is 1. The fourth-order valence-corrected chi connectivity index (χ4v) is 2.74. The zero-order chi connectivity index (χ0) is 15.1. The van der Waals surface area contributed by atoms with Gasteiger partial charge < -0.3 is 15.8 Å². The van der Waals surface area contributed by atoms with Crippen molar-refractivity contribution in [3.8, 4) is 5.75 Å². The molecule has 0 saturated carbocycles. The largest absolute Gasteiger partial charge is 0.494 e. The number of benzene rings is 1. The van der Waals surface area contributed by atoms with Crippen LogP contribution in [0.2, 0.25) is 0 Å². The average Bonchev–Trinajstić information content (AvgIpc) is 3.00. The molecule has 1 aromatic rings. The number of hydrogen-bond acceptors (Lipinski definition) is 4. The molecule has 116 valence electrons. The van der Waals surface area contributed by atoms with E-state index < -0.39 is 0 Å². The molecule has 1 fully saturated rings. The summed E-state index contributed by atoms with van der Waals surface area (Å²) in [6.45, 7) is 3.12. The number of likely N-dealkylation sites (N-methyl/N-ethyl adjacent to an activating group) is 1. The van der Waals surface area contributed by atoms with Crippen molar-refractivity contribution in [3.63, 3.8) is 0 Å². The summed E-state index contributed by atoms with van der Waals surface area (Å²) in [6.07, 6.45) is 2.98. The van der Waals surface area contributed by atoms with Crippen LogP contribution in [-0.2, 0) is 11.3 Å². The van der Waals surface area contributed by atoms with Crippen molar-refractivity contribution >= 4 is 5.91 Å². The van der Waals surface area contributed by atoms with Crippen LogP contribution in [0.15, 0.2) is 24.3 Å². The van der Waals surface area contributed by atoms with Crippen molar-refractivity contribution in [2.75, 3.05) is 26.7 Å². The van der Waals surface area contributed by atoms with Crippen LogP contribution in [0, 0.1) is 0 Å². The molecule has 1 aliphatic heterocycles. The first-order valence-corrected chi connectivity index (χ1v) is 7.62. The third-order valence-corrected chi connectivity index (χ3v) is 3.93. The Morgan fingerprint density at radius 2 is 2.19 bits per heavy atom. The van der Waals surface area contributed by atoms with Gasteiger partial charge in [-0.1, -0.05) is 12.1 Å². The molecular weight excluding hydrogens is 266 g/mol. The van der Waals surface area contributed by atoms with E-state index in [-0.39, 0.29) is 11.9 Å². The van der Waals surface area contributed by atoms with E-state index in [1.165, 1.54) is 0 Å². The van der Waals surface area contributed by atoms with E-state index in [2.05, 4.69) is 10.2 Å². The zero-order valence-corrected chi connectivity index (χ0v) is 12.7. The van der Waals surface area contributed by atoms with E-state index in [1.807, 2.05) is 24.3 Å². The highest BCUT2D eigenvalue weighted by molar-refractivity contribution is 5.81. The first kappa shape index (κ1) is 15.8. The van der Waals surface area contributed by atoms with Gasteiger partial charge in [-0.15, -0.1) is 0 Å². The molecule has 0 bridgehead atoms. The van der Waals surface area contributed by atoms with Gasteiger partial charge >= 0.3 is 0 Å². The molecule has 0 aromatic heterocycles. The maximum Gasteiger partial charge on any atom is 0.237 e. The van der Waals surface area contributed by atoms with Crippen LogP contribution >= 0.6 is 0 Å². The summed E-state index contributed by atoms with van der Waals surface area (Å²) in [7, 11) is 1.70. The first-order valence-electron chi connectivity index (χ1n) is 7.62. The van der Waals surface area contributed by atoms with E-state index >= 15 is 0 Å². The minimum absolute atomic E-state index is 0.0406. The number of hydrogen-bond donors (Lipinski definition) is 2. The third kappa shape index (κ3) is 4.44. The van der Waals surface area contributed by atoms with Crippen molar-refractivity contribution in [2.24, 2.45) is 5.73 Å². The van der Waals surface area contributed by atoms with Gasteiger partial charge in [-0.25, -0.2) is 0 Å². The monoisotopic (exact) mass is 291 g/mol. The van der Waals surface area contributed by atoms with E-state index in [1.54, 1.807) is 7.05 Å². The standard InChI is InChI=1S/C16H25N3O2/c1-18-16(20)15-4-2-9-19(15)10-3-11-21-14-7-5-13(12-17)6-8-14/h5-8,15H,2-4,9-12,17H2,1H3,(H,18,20). The Morgan fingerprint density at radius 1 is 1.43 bits per heavy atom. The van der Waals surface area contributed by atoms with Crippen molar-refractivity contribution in [3.05, 3.63) is 29.8 Å². The topological polar surface area (TPSA) is 67.6 Å². The molecule has 1 amide bonds. The number of nitrogens with zero attached hydrogens (tertiary/aromatic N) is 1. The van der Waals surface area contributed by atoms with Gasteiger partial charge in [0, 0.05) is 20.1 Å². The molecule has 5 nitrogen and oxygen atoms in total. The van der Waals surface area contributed by atoms with Gasteiger partial charge in [0.2, 0.25) is 5.91 Å². The first-order chi connectivity index (χ1) is 10.2. The average molecular weight is 291 g/mol. The smallest absolute Gasteiger partial charge is 0.237 e. The molecule has 0 spiro atoms. The summed E-state index contributed by atoms with van der Waals surface area (Å²) in [4.78, 5) is 14.0. The number of nitrogens with one attached hydrogen (secondary N) is 1. The zero-order valence-electron chi connectivity index (χ0n) is 12.7. The molecule has 1 atom stereocenters. The van der Waals surface area contributed by atoms with Crippen LogP contribution in [0.3, 0.4) is 0 Å². The van der Waals surface area contributed by atoms with Crippen molar-refractivity contribution < 1.29 is 9.53 Å². The van der Waals surface area contributed by atoms with Gasteiger partial charge in [0.15, 0.2) is 0 Å². The van der Waals surface area contributed by atoms with E-state index in [0.717, 1.165) is 43.7 Å². The lowest BCUT2D eigenvalue weighted by Crippen LogP contribution is -2.42. The van der Waals surface area contributed by atoms with Gasteiger partial charge in [-0.3, -0.25) is 9.69 Å². The minimum atomic E-state index is 0.0406. The Hall–Kier alpha value is -1.59. The second kappa shape index (κ2) is 8.00. The van der Waals surface area contributed by atoms with Crippen LogP contribution in [-0.4, -0.2) is 43.6 Å². The van der Waals surface area contributed by atoms with E-state index in [0.29, 0.717) is 13.2 Å². The molecule has 21 heavy (non-hydrogen) atoms. The third-order valence-electron chi connectivity index (χ3n) is 3.93. The summed E-state index contributed by atoms with van der Waals surface area (Å²) in [6, 6.07) is 7.91. The molecular formula is C16H25N3O2. The Labute approximate surface area is 126 Å². The summed E-state index contributed by atoms with van der Waals surface area (Å²) < 4.78 is 5.72.